The molecule has 4 fully saturated rings. The summed E-state index contributed by atoms with van der Waals surface area (Å²) < 4.78 is 5.63. The first kappa shape index (κ1) is 8.34. The number of epoxide rings is 1. The fraction of sp³-hybridized carbons (Fsp3) is 0.600. The lowest BCUT2D eigenvalue weighted by atomic mass is 9.66. The van der Waals surface area contributed by atoms with Crippen LogP contribution in [-0.2, 0) is 4.74 Å². The molecule has 0 spiro atoms. The number of fused-ring (bicyclic) bond motifs is 2. The van der Waals surface area contributed by atoms with Crippen LogP contribution in [0.1, 0.15) is 12.8 Å². The summed E-state index contributed by atoms with van der Waals surface area (Å²) in [4.78, 5) is 0. The number of hydrogen-bond acceptors (Lipinski definition) is 1. The predicted molar refractivity (Wildman–Crippen MR) is 52.7 cm³/mol. The van der Waals surface area contributed by atoms with Crippen LogP contribution in [0, 0.1) is 11.8 Å². The first-order valence-corrected chi connectivity index (χ1v) is 5.50. The molecular formula is C10H10Cl2O. The van der Waals surface area contributed by atoms with Gasteiger partial charge in [-0.25, -0.2) is 0 Å². The zero-order chi connectivity index (χ0) is 9.00. The number of halogens is 2. The van der Waals surface area contributed by atoms with Crippen molar-refractivity contribution in [1.29, 1.82) is 0 Å². The van der Waals surface area contributed by atoms with Gasteiger partial charge >= 0.3 is 0 Å². The normalized spacial score (nSPS) is 52.8. The van der Waals surface area contributed by atoms with Crippen LogP contribution in [0.4, 0.5) is 0 Å². The molecule has 2 bridgehead atoms. The lowest BCUT2D eigenvalue weighted by molar-refractivity contribution is 0.348. The van der Waals surface area contributed by atoms with E-state index in [1.165, 1.54) is 24.0 Å². The van der Waals surface area contributed by atoms with Gasteiger partial charge in [0.15, 0.2) is 0 Å². The lowest BCUT2D eigenvalue weighted by Crippen LogP contribution is -2.34. The van der Waals surface area contributed by atoms with Crippen molar-refractivity contribution >= 4 is 23.2 Å². The number of hydrogen-bond donors (Lipinski definition) is 0. The lowest BCUT2D eigenvalue weighted by Gasteiger charge is -2.36. The van der Waals surface area contributed by atoms with Gasteiger partial charge in [-0.15, -0.1) is 0 Å². The Kier molecular flexibility index (Phi) is 1.77. The average Bonchev–Trinajstić information content (AvgIpc) is 2.97. The second-order valence-electron chi connectivity index (χ2n) is 3.98. The molecule has 4 aliphatic rings. The Morgan fingerprint density at radius 1 is 1.00 bits per heavy atom. The smallest absolute Gasteiger partial charge is 0.0916 e. The fourth-order valence-corrected chi connectivity index (χ4v) is 3.43. The highest BCUT2D eigenvalue weighted by molar-refractivity contribution is 6.27. The topological polar surface area (TPSA) is 12.5 Å². The molecule has 0 aromatic heterocycles. The van der Waals surface area contributed by atoms with Gasteiger partial charge in [-0.1, -0.05) is 23.2 Å². The van der Waals surface area contributed by atoms with Gasteiger partial charge in [-0.2, -0.15) is 0 Å². The summed E-state index contributed by atoms with van der Waals surface area (Å²) in [6.45, 7) is 0. The Morgan fingerprint density at radius 3 is 1.85 bits per heavy atom. The minimum absolute atomic E-state index is 0.448. The van der Waals surface area contributed by atoms with Crippen LogP contribution in [0.2, 0.25) is 0 Å². The van der Waals surface area contributed by atoms with Gasteiger partial charge in [0.1, 0.15) is 0 Å². The molecule has 1 aliphatic heterocycles. The Hall–Kier alpha value is 0.0200. The van der Waals surface area contributed by atoms with Crippen LogP contribution in [0.25, 0.3) is 0 Å². The Bertz CT molecular complexity index is 278. The van der Waals surface area contributed by atoms with Gasteiger partial charge in [0.2, 0.25) is 0 Å². The predicted octanol–water partition coefficient (Wildman–Crippen LogP) is 3.04. The zero-order valence-electron chi connectivity index (χ0n) is 7.04. The van der Waals surface area contributed by atoms with E-state index in [0.29, 0.717) is 24.0 Å². The van der Waals surface area contributed by atoms with Crippen molar-refractivity contribution in [3.05, 3.63) is 22.2 Å². The van der Waals surface area contributed by atoms with Crippen molar-refractivity contribution in [2.24, 2.45) is 11.8 Å². The minimum Gasteiger partial charge on any atom is -0.368 e. The van der Waals surface area contributed by atoms with Crippen LogP contribution in [-0.4, -0.2) is 12.2 Å². The van der Waals surface area contributed by atoms with Crippen LogP contribution >= 0.6 is 23.2 Å². The Labute approximate surface area is 87.3 Å². The second kappa shape index (κ2) is 2.75. The third-order valence-corrected chi connectivity index (χ3v) is 3.98. The molecule has 0 amide bonds. The molecule has 4 rings (SSSR count). The minimum atomic E-state index is 0.448. The summed E-state index contributed by atoms with van der Waals surface area (Å²) in [5.41, 5.74) is 5.80. The highest BCUT2D eigenvalue weighted by atomic mass is 35.5. The molecule has 70 valence electrons. The highest BCUT2D eigenvalue weighted by Crippen LogP contribution is 2.57. The molecule has 13 heavy (non-hydrogen) atoms. The van der Waals surface area contributed by atoms with E-state index < -0.39 is 0 Å². The molecule has 0 unspecified atom stereocenters. The van der Waals surface area contributed by atoms with Crippen LogP contribution in [0.15, 0.2) is 22.2 Å². The number of rotatable bonds is 0. The third-order valence-electron chi connectivity index (χ3n) is 3.51. The van der Waals surface area contributed by atoms with Crippen molar-refractivity contribution < 1.29 is 4.74 Å². The van der Waals surface area contributed by atoms with Gasteiger partial charge in [0, 0.05) is 22.9 Å². The first-order valence-electron chi connectivity index (χ1n) is 4.63. The fourth-order valence-electron chi connectivity index (χ4n) is 2.85. The molecule has 1 nitrogen and oxygen atoms in total. The summed E-state index contributed by atoms with van der Waals surface area (Å²) in [6, 6.07) is 0. The van der Waals surface area contributed by atoms with Gasteiger partial charge < -0.3 is 4.74 Å². The highest BCUT2D eigenvalue weighted by Gasteiger charge is 2.59. The van der Waals surface area contributed by atoms with Crippen molar-refractivity contribution in [2.45, 2.75) is 25.0 Å². The molecule has 3 heteroatoms. The van der Waals surface area contributed by atoms with Crippen molar-refractivity contribution in [3.8, 4) is 0 Å². The van der Waals surface area contributed by atoms with Gasteiger partial charge in [-0.05, 0) is 24.0 Å². The maximum Gasteiger partial charge on any atom is 0.0916 e. The molecule has 0 N–H and O–H groups in total. The average molecular weight is 217 g/mol. The molecule has 0 aromatic rings. The van der Waals surface area contributed by atoms with Crippen LogP contribution in [0.3, 0.4) is 0 Å². The summed E-state index contributed by atoms with van der Waals surface area (Å²) in [5.74, 6) is 1.02. The van der Waals surface area contributed by atoms with Crippen LogP contribution < -0.4 is 0 Å². The molecule has 4 atom stereocenters. The van der Waals surface area contributed by atoms with Crippen LogP contribution in [0.5, 0.6) is 0 Å². The SMILES string of the molecule is Cl/C=C1/C(=C/Cl)[C@@H]2CC[C@H]1[C@@H]1O[C@@H]12. The second-order valence-corrected chi connectivity index (χ2v) is 4.42. The van der Waals surface area contributed by atoms with E-state index in [2.05, 4.69) is 0 Å². The van der Waals surface area contributed by atoms with Crippen molar-refractivity contribution in [2.75, 3.05) is 0 Å². The molecule has 3 saturated carbocycles. The summed E-state index contributed by atoms with van der Waals surface area (Å²) >= 11 is 11.6. The maximum atomic E-state index is 5.81. The van der Waals surface area contributed by atoms with E-state index in [9.17, 15) is 0 Å². The quantitative estimate of drug-likeness (QED) is 0.568. The van der Waals surface area contributed by atoms with E-state index in [-0.39, 0.29) is 0 Å². The van der Waals surface area contributed by atoms with Crippen molar-refractivity contribution in [1.82, 2.24) is 0 Å². The van der Waals surface area contributed by atoms with Gasteiger partial charge in [0.25, 0.3) is 0 Å². The molecule has 0 aromatic carbocycles. The third kappa shape index (κ3) is 0.984. The Morgan fingerprint density at radius 2 is 1.46 bits per heavy atom. The van der Waals surface area contributed by atoms with E-state index in [1.807, 2.05) is 0 Å². The standard InChI is InChI=1S/C10H10Cl2O/c11-3-7-5-1-2-6(8(7)4-12)10-9(5)13-10/h3-6,9-10H,1-2H2/b7-3+,8-4+/t5-,6+,9+,10-. The van der Waals surface area contributed by atoms with E-state index in [1.54, 1.807) is 11.1 Å². The van der Waals surface area contributed by atoms with Crippen molar-refractivity contribution in [3.63, 3.8) is 0 Å². The largest absolute Gasteiger partial charge is 0.368 e. The summed E-state index contributed by atoms with van der Waals surface area (Å²) in [7, 11) is 0. The summed E-state index contributed by atoms with van der Waals surface area (Å²) in [6.07, 6.45) is 3.31. The molecule has 1 saturated heterocycles. The maximum absolute atomic E-state index is 5.81. The van der Waals surface area contributed by atoms with Gasteiger partial charge in [0.05, 0.1) is 12.2 Å². The molecular weight excluding hydrogens is 207 g/mol. The zero-order valence-corrected chi connectivity index (χ0v) is 8.55. The first-order chi connectivity index (χ1) is 6.36. The van der Waals surface area contributed by atoms with E-state index in [0.717, 1.165) is 0 Å². The van der Waals surface area contributed by atoms with E-state index >= 15 is 0 Å². The van der Waals surface area contributed by atoms with E-state index in [4.69, 9.17) is 27.9 Å². The molecule has 0 radical (unpaired) electrons. The monoisotopic (exact) mass is 216 g/mol. The van der Waals surface area contributed by atoms with Gasteiger partial charge in [-0.3, -0.25) is 0 Å². The summed E-state index contributed by atoms with van der Waals surface area (Å²) in [5, 5.41) is 0. The molecule has 3 aliphatic carbocycles. The molecule has 1 heterocycles. The number of ether oxygens (including phenoxy) is 1. The Balaban J connectivity index is 2.06.